The van der Waals surface area contributed by atoms with Gasteiger partial charge in [0.15, 0.2) is 11.6 Å². The minimum absolute atomic E-state index is 0.0322. The van der Waals surface area contributed by atoms with Crippen LogP contribution < -0.4 is 0 Å². The summed E-state index contributed by atoms with van der Waals surface area (Å²) in [5.41, 5.74) is 1.60. The summed E-state index contributed by atoms with van der Waals surface area (Å²) in [6, 6.07) is 0. The number of carbonyl (C=O) groups excluding carboxylic acids is 3. The Labute approximate surface area is 358 Å². The number of hydrogen-bond donors (Lipinski definition) is 7. The second-order valence-electron chi connectivity index (χ2n) is 17.9. The second-order valence-corrected chi connectivity index (χ2v) is 17.9. The molecule has 14 atom stereocenters. The topological polar surface area (TPSA) is 211 Å². The zero-order chi connectivity index (χ0) is 45.5. The molecule has 0 aromatic heterocycles. The van der Waals surface area contributed by atoms with Crippen LogP contribution in [0.2, 0.25) is 0 Å². The van der Waals surface area contributed by atoms with E-state index in [2.05, 4.69) is 0 Å². The van der Waals surface area contributed by atoms with Gasteiger partial charge in [0.05, 0.1) is 36.6 Å². The van der Waals surface area contributed by atoms with Gasteiger partial charge in [0.25, 0.3) is 0 Å². The molecule has 1 fully saturated rings. The number of ether oxygens (including phenoxy) is 2. The van der Waals surface area contributed by atoms with Crippen molar-refractivity contribution < 1.29 is 59.6 Å². The summed E-state index contributed by atoms with van der Waals surface area (Å²) in [7, 11) is 0. The van der Waals surface area contributed by atoms with Crippen molar-refractivity contribution in [1.29, 1.82) is 0 Å². The standard InChI is InChI=1S/C48H76O12/c1-11-38(49)36(10)41(52)26-43(54)42(53)23-29(3)22-32(6)45-27-40(51)31(5)16-14-12-13-15-30(4)39(50)25-37-18-17-35(9)48(58,60-37)20-19-28(2)21-33(7)46(56)44(55)24-34(8)47(57)59-45/h12-14,16,19,21,23-24,30-32,35-38,40-43,45-46,49,51-54,56,58H,11,15,17-18,20,22,25-27H2,1-10H3/b13-12?,16-14?,28-19?,29-23?,33-21+,34-24?. The van der Waals surface area contributed by atoms with Crippen LogP contribution in [0.1, 0.15) is 127 Å². The van der Waals surface area contributed by atoms with Crippen LogP contribution in [0.5, 0.6) is 0 Å². The van der Waals surface area contributed by atoms with Crippen LogP contribution in [-0.4, -0.2) is 108 Å². The van der Waals surface area contributed by atoms with E-state index in [1.165, 1.54) is 13.0 Å². The number of carbonyl (C=O) groups is 3. The molecule has 0 radical (unpaired) electrons. The quantitative estimate of drug-likeness (QED) is 0.101. The molecule has 2 aliphatic rings. The van der Waals surface area contributed by atoms with E-state index >= 15 is 0 Å². The first-order valence-corrected chi connectivity index (χ1v) is 21.8. The van der Waals surface area contributed by atoms with Crippen molar-refractivity contribution in [2.24, 2.45) is 29.6 Å². The molecular weight excluding hydrogens is 769 g/mol. The van der Waals surface area contributed by atoms with Crippen molar-refractivity contribution in [1.82, 2.24) is 0 Å². The van der Waals surface area contributed by atoms with Gasteiger partial charge in [0.2, 0.25) is 0 Å². The second kappa shape index (κ2) is 25.1. The summed E-state index contributed by atoms with van der Waals surface area (Å²) in [6.45, 7) is 17.4. The molecule has 340 valence electrons. The third kappa shape index (κ3) is 17.0. The van der Waals surface area contributed by atoms with Gasteiger partial charge in [-0.05, 0) is 77.4 Å². The Bertz CT molecular complexity index is 1590. The SMILES string of the molecule is CCC(O)C(C)C(O)CC(O)C(O)C=C(C)CC(C)C1CC(O)C(C)C=CC=CCC(C)C(=O)CC2CCC(C)C(O)(CC=C(C)/C=C(\C)C(O)C(=O)C=C(C)C(=O)O1)O2. The number of cyclic esters (lactones) is 1. The molecule has 0 aromatic rings. The first-order valence-electron chi connectivity index (χ1n) is 21.8. The molecule has 12 nitrogen and oxygen atoms in total. The van der Waals surface area contributed by atoms with Crippen LogP contribution in [0.25, 0.3) is 0 Å². The molecule has 7 N–H and O–H groups in total. The number of esters is 1. The Morgan fingerprint density at radius 1 is 0.950 bits per heavy atom. The van der Waals surface area contributed by atoms with E-state index in [4.69, 9.17) is 9.47 Å². The van der Waals surface area contributed by atoms with Gasteiger partial charge in [-0.2, -0.15) is 0 Å². The molecule has 12 heteroatoms. The number of aliphatic hydroxyl groups is 7. The van der Waals surface area contributed by atoms with Gasteiger partial charge in [-0.15, -0.1) is 0 Å². The third-order valence-corrected chi connectivity index (χ3v) is 12.3. The summed E-state index contributed by atoms with van der Waals surface area (Å²) in [5, 5.41) is 75.7. The van der Waals surface area contributed by atoms with Crippen molar-refractivity contribution >= 4 is 17.5 Å². The van der Waals surface area contributed by atoms with Gasteiger partial charge in [-0.25, -0.2) is 4.79 Å². The summed E-state index contributed by atoms with van der Waals surface area (Å²) >= 11 is 0. The highest BCUT2D eigenvalue weighted by Crippen LogP contribution is 2.37. The predicted octanol–water partition coefficient (Wildman–Crippen LogP) is 5.91. The first kappa shape index (κ1) is 53.1. The fourth-order valence-corrected chi connectivity index (χ4v) is 7.60. The van der Waals surface area contributed by atoms with E-state index in [0.717, 1.165) is 6.08 Å². The lowest BCUT2D eigenvalue weighted by molar-refractivity contribution is -0.277. The zero-order valence-corrected chi connectivity index (χ0v) is 37.7. The lowest BCUT2D eigenvalue weighted by atomic mass is 9.85. The highest BCUT2D eigenvalue weighted by atomic mass is 16.6. The van der Waals surface area contributed by atoms with Crippen LogP contribution in [0.3, 0.4) is 0 Å². The molecule has 0 amide bonds. The molecule has 0 saturated carbocycles. The summed E-state index contributed by atoms with van der Waals surface area (Å²) in [4.78, 5) is 39.8. The van der Waals surface area contributed by atoms with E-state index in [9.17, 15) is 50.1 Å². The molecule has 0 spiro atoms. The fraction of sp³-hybridized carbons (Fsp3) is 0.688. The third-order valence-electron chi connectivity index (χ3n) is 12.3. The molecular formula is C48H76O12. The number of hydrogen-bond acceptors (Lipinski definition) is 12. The van der Waals surface area contributed by atoms with E-state index in [1.54, 1.807) is 52.8 Å². The minimum Gasteiger partial charge on any atom is -0.459 e. The number of allylic oxidation sites excluding steroid dienone is 6. The molecule has 0 aromatic carbocycles. The first-order chi connectivity index (χ1) is 28.0. The molecule has 2 bridgehead atoms. The Kier molecular flexibility index (Phi) is 22.2. The Morgan fingerprint density at radius 2 is 1.62 bits per heavy atom. The van der Waals surface area contributed by atoms with E-state index in [0.29, 0.717) is 48.8 Å². The van der Waals surface area contributed by atoms with Crippen LogP contribution in [0.4, 0.5) is 0 Å². The van der Waals surface area contributed by atoms with Crippen molar-refractivity contribution in [3.8, 4) is 0 Å². The van der Waals surface area contributed by atoms with Gasteiger partial charge in [0, 0.05) is 54.9 Å². The van der Waals surface area contributed by atoms with Gasteiger partial charge >= 0.3 is 5.97 Å². The van der Waals surface area contributed by atoms with E-state index in [-0.39, 0.29) is 54.8 Å². The summed E-state index contributed by atoms with van der Waals surface area (Å²) in [6.07, 6.45) is 7.81. The molecule has 2 aliphatic heterocycles. The van der Waals surface area contributed by atoms with Crippen LogP contribution in [-0.2, 0) is 23.9 Å². The highest BCUT2D eigenvalue weighted by Gasteiger charge is 2.41. The van der Waals surface area contributed by atoms with Crippen LogP contribution in [0, 0.1) is 29.6 Å². The fourth-order valence-electron chi connectivity index (χ4n) is 7.60. The Balaban J connectivity index is 2.40. The average molecular weight is 845 g/mol. The molecule has 0 aliphatic carbocycles. The molecule has 14 unspecified atom stereocenters. The maximum atomic E-state index is 13.5. The maximum absolute atomic E-state index is 13.5. The zero-order valence-electron chi connectivity index (χ0n) is 37.7. The lowest BCUT2D eigenvalue weighted by Gasteiger charge is -2.41. The minimum atomic E-state index is -1.56. The van der Waals surface area contributed by atoms with Crippen molar-refractivity contribution in [2.75, 3.05) is 0 Å². The number of aliphatic hydroxyl groups excluding tert-OH is 6. The molecule has 60 heavy (non-hydrogen) atoms. The van der Waals surface area contributed by atoms with E-state index in [1.807, 2.05) is 45.9 Å². The number of rotatable bonds is 10. The monoisotopic (exact) mass is 845 g/mol. The maximum Gasteiger partial charge on any atom is 0.334 e. The Hall–Kier alpha value is -3.07. The molecule has 1 saturated heterocycles. The molecule has 2 rings (SSSR count). The Morgan fingerprint density at radius 3 is 2.27 bits per heavy atom. The number of fused-ring (bicyclic) bond motifs is 2. The predicted molar refractivity (Wildman–Crippen MR) is 232 cm³/mol. The average Bonchev–Trinajstić information content (AvgIpc) is 3.19. The number of ketones is 2. The van der Waals surface area contributed by atoms with E-state index < -0.39 is 78.2 Å². The van der Waals surface area contributed by atoms with Crippen LogP contribution in [0.15, 0.2) is 70.9 Å². The van der Waals surface area contributed by atoms with Crippen molar-refractivity contribution in [3.05, 3.63) is 70.9 Å². The number of Topliss-reactive ketones (excluding diaryl/α,β-unsaturated/α-hetero) is 1. The highest BCUT2D eigenvalue weighted by molar-refractivity contribution is 6.02. The van der Waals surface area contributed by atoms with Gasteiger partial charge < -0.3 is 45.2 Å². The van der Waals surface area contributed by atoms with Gasteiger partial charge in [0.1, 0.15) is 18.0 Å². The summed E-state index contributed by atoms with van der Waals surface area (Å²) in [5.74, 6) is -4.74. The molecule has 2 heterocycles. The summed E-state index contributed by atoms with van der Waals surface area (Å²) < 4.78 is 12.1. The largest absolute Gasteiger partial charge is 0.459 e. The van der Waals surface area contributed by atoms with Crippen LogP contribution >= 0.6 is 0 Å². The van der Waals surface area contributed by atoms with Crippen molar-refractivity contribution in [3.63, 3.8) is 0 Å². The normalized spacial score (nSPS) is 33.0. The smallest absolute Gasteiger partial charge is 0.334 e. The van der Waals surface area contributed by atoms with Gasteiger partial charge in [-0.3, -0.25) is 9.59 Å². The lowest BCUT2D eigenvalue weighted by Crippen LogP contribution is -2.47. The van der Waals surface area contributed by atoms with Gasteiger partial charge in [-0.1, -0.05) is 95.2 Å². The van der Waals surface area contributed by atoms with Crippen molar-refractivity contribution in [2.45, 2.75) is 182 Å².